The maximum Gasteiger partial charge on any atom is 0.274 e. The van der Waals surface area contributed by atoms with Crippen LogP contribution in [0.3, 0.4) is 0 Å². The Morgan fingerprint density at radius 1 is 1.14 bits per heavy atom. The van der Waals surface area contributed by atoms with Gasteiger partial charge in [-0.3, -0.25) is 9.59 Å². The van der Waals surface area contributed by atoms with Crippen LogP contribution in [-0.4, -0.2) is 15.7 Å². The second kappa shape index (κ2) is 8.94. The molecule has 1 N–H and O–H groups in total. The van der Waals surface area contributed by atoms with Crippen LogP contribution in [0.1, 0.15) is 55.2 Å². The van der Waals surface area contributed by atoms with E-state index in [-0.39, 0.29) is 16.8 Å². The zero-order valence-corrected chi connectivity index (χ0v) is 16.4. The number of aromatic nitrogens is 2. The molecular formula is C22H23F2N3O2. The molecule has 0 radical (unpaired) electrons. The second-order valence-electron chi connectivity index (χ2n) is 6.99. The van der Waals surface area contributed by atoms with Gasteiger partial charge in [0.05, 0.1) is 11.4 Å². The smallest absolute Gasteiger partial charge is 0.274 e. The van der Waals surface area contributed by atoms with E-state index in [4.69, 9.17) is 0 Å². The van der Waals surface area contributed by atoms with Crippen molar-refractivity contribution in [2.45, 2.75) is 45.7 Å². The highest BCUT2D eigenvalue weighted by Gasteiger charge is 2.20. The zero-order valence-electron chi connectivity index (χ0n) is 16.4. The molecule has 0 aliphatic heterocycles. The Morgan fingerprint density at radius 3 is 2.55 bits per heavy atom. The van der Waals surface area contributed by atoms with Crippen LogP contribution in [0.2, 0.25) is 0 Å². The van der Waals surface area contributed by atoms with Crippen molar-refractivity contribution in [3.63, 3.8) is 0 Å². The van der Waals surface area contributed by atoms with Crippen molar-refractivity contribution in [2.75, 3.05) is 0 Å². The quantitative estimate of drug-likeness (QED) is 0.601. The van der Waals surface area contributed by atoms with Gasteiger partial charge in [0.1, 0.15) is 11.6 Å². The fourth-order valence-corrected chi connectivity index (χ4v) is 3.26. The van der Waals surface area contributed by atoms with Gasteiger partial charge in [-0.05, 0) is 25.5 Å². The maximum absolute atomic E-state index is 14.0. The molecule has 3 aromatic rings. The van der Waals surface area contributed by atoms with Crippen LogP contribution in [0.15, 0.2) is 47.3 Å². The molecule has 1 unspecified atom stereocenters. The third kappa shape index (κ3) is 4.50. The van der Waals surface area contributed by atoms with Crippen molar-refractivity contribution < 1.29 is 13.6 Å². The molecule has 0 saturated carbocycles. The number of hydrogen-bond acceptors (Lipinski definition) is 3. The fourth-order valence-electron chi connectivity index (χ4n) is 3.26. The first-order valence-corrected chi connectivity index (χ1v) is 9.68. The largest absolute Gasteiger partial charge is 0.344 e. The van der Waals surface area contributed by atoms with Crippen LogP contribution < -0.4 is 10.9 Å². The van der Waals surface area contributed by atoms with E-state index < -0.39 is 23.6 Å². The number of nitrogens with one attached hydrogen (secondary N) is 1. The predicted molar refractivity (Wildman–Crippen MR) is 108 cm³/mol. The van der Waals surface area contributed by atoms with Gasteiger partial charge >= 0.3 is 0 Å². The first kappa shape index (κ1) is 20.6. The summed E-state index contributed by atoms with van der Waals surface area (Å²) < 4.78 is 28.5. The number of amides is 1. The minimum absolute atomic E-state index is 0.103. The van der Waals surface area contributed by atoms with Crippen molar-refractivity contribution in [2.24, 2.45) is 0 Å². The molecule has 2 aromatic carbocycles. The molecule has 1 amide bonds. The molecule has 1 heterocycles. The van der Waals surface area contributed by atoms with Crippen LogP contribution in [0, 0.1) is 11.6 Å². The number of rotatable bonds is 7. The lowest BCUT2D eigenvalue weighted by molar-refractivity contribution is 0.0933. The Balaban J connectivity index is 1.95. The van der Waals surface area contributed by atoms with Crippen LogP contribution in [0.4, 0.5) is 8.78 Å². The minimum Gasteiger partial charge on any atom is -0.344 e. The van der Waals surface area contributed by atoms with Crippen molar-refractivity contribution in [3.8, 4) is 0 Å². The average Bonchev–Trinajstić information content (AvgIpc) is 2.69. The van der Waals surface area contributed by atoms with Gasteiger partial charge in [-0.25, -0.2) is 13.5 Å². The highest BCUT2D eigenvalue weighted by atomic mass is 19.1. The van der Waals surface area contributed by atoms with E-state index in [1.54, 1.807) is 31.2 Å². The Kier molecular flexibility index (Phi) is 6.36. The number of halogens is 2. The van der Waals surface area contributed by atoms with Crippen LogP contribution in [-0.2, 0) is 6.54 Å². The molecule has 0 saturated heterocycles. The molecule has 5 nitrogen and oxygen atoms in total. The number of hydrogen-bond donors (Lipinski definition) is 1. The summed E-state index contributed by atoms with van der Waals surface area (Å²) in [6, 6.07) is 9.30. The maximum atomic E-state index is 14.0. The Labute approximate surface area is 167 Å². The van der Waals surface area contributed by atoms with E-state index in [0.717, 1.165) is 31.4 Å². The highest BCUT2D eigenvalue weighted by Crippen LogP contribution is 2.19. The second-order valence-corrected chi connectivity index (χ2v) is 6.99. The van der Waals surface area contributed by atoms with Gasteiger partial charge in [0.15, 0.2) is 5.69 Å². The van der Waals surface area contributed by atoms with E-state index in [9.17, 15) is 18.4 Å². The Bertz CT molecular complexity index is 1100. The lowest BCUT2D eigenvalue weighted by Gasteiger charge is -2.16. The predicted octanol–water partition coefficient (Wildman–Crippen LogP) is 4.36. The first-order valence-electron chi connectivity index (χ1n) is 9.68. The van der Waals surface area contributed by atoms with Gasteiger partial charge in [-0.1, -0.05) is 44.0 Å². The SMILES string of the molecule is CCCCCn1nc(C(=O)NC(C)c2ccc(F)cc2F)c2ccccc2c1=O. The molecule has 0 bridgehead atoms. The summed E-state index contributed by atoms with van der Waals surface area (Å²) >= 11 is 0. The molecule has 152 valence electrons. The van der Waals surface area contributed by atoms with E-state index in [1.807, 2.05) is 0 Å². The van der Waals surface area contributed by atoms with Gasteiger partial charge in [-0.2, -0.15) is 5.10 Å². The zero-order chi connectivity index (χ0) is 21.0. The summed E-state index contributed by atoms with van der Waals surface area (Å²) in [7, 11) is 0. The number of carbonyl (C=O) groups excluding carboxylic acids is 1. The number of benzene rings is 2. The third-order valence-corrected chi connectivity index (χ3v) is 4.83. The number of aryl methyl sites for hydroxylation is 1. The number of carbonyl (C=O) groups is 1. The third-order valence-electron chi connectivity index (χ3n) is 4.83. The molecular weight excluding hydrogens is 376 g/mol. The van der Waals surface area contributed by atoms with Crippen LogP contribution in [0.5, 0.6) is 0 Å². The Morgan fingerprint density at radius 2 is 1.86 bits per heavy atom. The van der Waals surface area contributed by atoms with Crippen molar-refractivity contribution in [1.29, 1.82) is 0 Å². The molecule has 1 aromatic heterocycles. The van der Waals surface area contributed by atoms with E-state index in [1.165, 1.54) is 10.7 Å². The van der Waals surface area contributed by atoms with Crippen molar-refractivity contribution in [3.05, 3.63) is 75.7 Å². The molecule has 0 aliphatic rings. The van der Waals surface area contributed by atoms with Gasteiger partial charge in [0.25, 0.3) is 11.5 Å². The first-order chi connectivity index (χ1) is 13.9. The van der Waals surface area contributed by atoms with Gasteiger partial charge in [0.2, 0.25) is 0 Å². The van der Waals surface area contributed by atoms with E-state index in [0.29, 0.717) is 17.3 Å². The molecule has 0 aliphatic carbocycles. The number of fused-ring (bicyclic) bond motifs is 1. The summed E-state index contributed by atoms with van der Waals surface area (Å²) in [6.07, 6.45) is 2.72. The number of nitrogens with zero attached hydrogens (tertiary/aromatic N) is 2. The van der Waals surface area contributed by atoms with Crippen LogP contribution >= 0.6 is 0 Å². The van der Waals surface area contributed by atoms with Gasteiger partial charge in [-0.15, -0.1) is 0 Å². The van der Waals surface area contributed by atoms with E-state index in [2.05, 4.69) is 17.3 Å². The van der Waals surface area contributed by atoms with Crippen LogP contribution in [0.25, 0.3) is 10.8 Å². The molecule has 29 heavy (non-hydrogen) atoms. The lowest BCUT2D eigenvalue weighted by Crippen LogP contribution is -2.32. The fraction of sp³-hybridized carbons (Fsp3) is 0.318. The lowest BCUT2D eigenvalue weighted by atomic mass is 10.1. The van der Waals surface area contributed by atoms with Gasteiger partial charge < -0.3 is 5.32 Å². The van der Waals surface area contributed by atoms with Crippen molar-refractivity contribution in [1.82, 2.24) is 15.1 Å². The molecule has 0 fully saturated rings. The monoisotopic (exact) mass is 399 g/mol. The Hall–Kier alpha value is -3.09. The molecule has 0 spiro atoms. The summed E-state index contributed by atoms with van der Waals surface area (Å²) in [5.74, 6) is -1.95. The average molecular weight is 399 g/mol. The molecule has 3 rings (SSSR count). The number of unbranched alkanes of at least 4 members (excludes halogenated alkanes) is 2. The topological polar surface area (TPSA) is 64.0 Å². The van der Waals surface area contributed by atoms with Crippen molar-refractivity contribution >= 4 is 16.7 Å². The molecule has 1 atom stereocenters. The highest BCUT2D eigenvalue weighted by molar-refractivity contribution is 6.04. The summed E-state index contributed by atoms with van der Waals surface area (Å²) in [5, 5.41) is 7.84. The van der Waals surface area contributed by atoms with Gasteiger partial charge in [0, 0.05) is 23.6 Å². The summed E-state index contributed by atoms with van der Waals surface area (Å²) in [6.45, 7) is 4.08. The summed E-state index contributed by atoms with van der Waals surface area (Å²) in [5.41, 5.74) is 0.0253. The van der Waals surface area contributed by atoms with E-state index >= 15 is 0 Å². The standard InChI is InChI=1S/C22H23F2N3O2/c1-3-4-7-12-27-22(29)18-9-6-5-8-17(18)20(26-27)21(28)25-14(2)16-11-10-15(23)13-19(16)24/h5-6,8-11,13-14H,3-4,7,12H2,1-2H3,(H,25,28). The minimum atomic E-state index is -0.736. The summed E-state index contributed by atoms with van der Waals surface area (Å²) in [4.78, 5) is 25.6. The normalized spacial score (nSPS) is 12.1. The molecule has 7 heteroatoms.